The molecule has 0 radical (unpaired) electrons. The second-order valence-corrected chi connectivity index (χ2v) is 3.98. The molecule has 100 valence electrons. The molecule has 1 aliphatic rings. The smallest absolute Gasteiger partial charge is 0.295 e. The molecule has 1 saturated heterocycles. The van der Waals surface area contributed by atoms with Crippen molar-refractivity contribution in [1.29, 1.82) is 0 Å². The fraction of sp³-hybridized carbons (Fsp3) is 0.455. The van der Waals surface area contributed by atoms with Crippen molar-refractivity contribution < 1.29 is 9.31 Å². The van der Waals surface area contributed by atoms with Gasteiger partial charge < -0.3 is 10.2 Å². The average Bonchev–Trinajstić information content (AvgIpc) is 2.57. The summed E-state index contributed by atoms with van der Waals surface area (Å²) >= 11 is 0. The predicted octanol–water partition coefficient (Wildman–Crippen LogP) is 1.96. The minimum atomic E-state index is -0.576. The number of nitrogens with zero attached hydrogens (tertiary/aromatic N) is 2. The highest BCUT2D eigenvalue weighted by molar-refractivity contribution is 5.85. The molecular formula is C11H15ClFN3O2. The Morgan fingerprint density at radius 1 is 1.33 bits per heavy atom. The van der Waals surface area contributed by atoms with E-state index in [0.717, 1.165) is 32.1 Å². The molecule has 0 unspecified atom stereocenters. The number of nitro benzene ring substituents is 1. The summed E-state index contributed by atoms with van der Waals surface area (Å²) in [5.41, 5.74) is 0.340. The van der Waals surface area contributed by atoms with Crippen molar-refractivity contribution >= 4 is 23.8 Å². The molecular weight excluding hydrogens is 261 g/mol. The molecule has 18 heavy (non-hydrogen) atoms. The molecule has 1 heterocycles. The van der Waals surface area contributed by atoms with Crippen LogP contribution in [0.4, 0.5) is 15.8 Å². The zero-order chi connectivity index (χ0) is 12.3. The van der Waals surface area contributed by atoms with Crippen LogP contribution < -0.4 is 10.2 Å². The summed E-state index contributed by atoms with van der Waals surface area (Å²) in [6.07, 6.45) is 0.925. The van der Waals surface area contributed by atoms with Gasteiger partial charge in [0, 0.05) is 19.6 Å². The van der Waals surface area contributed by atoms with Crippen LogP contribution in [0.5, 0.6) is 0 Å². The van der Waals surface area contributed by atoms with Gasteiger partial charge in [0.15, 0.2) is 0 Å². The summed E-state index contributed by atoms with van der Waals surface area (Å²) < 4.78 is 13.0. The van der Waals surface area contributed by atoms with Crippen molar-refractivity contribution in [3.8, 4) is 0 Å². The van der Waals surface area contributed by atoms with E-state index in [2.05, 4.69) is 5.32 Å². The van der Waals surface area contributed by atoms with E-state index < -0.39 is 10.7 Å². The summed E-state index contributed by atoms with van der Waals surface area (Å²) in [5.74, 6) is -0.576. The van der Waals surface area contributed by atoms with E-state index in [1.807, 2.05) is 4.90 Å². The summed E-state index contributed by atoms with van der Waals surface area (Å²) in [6.45, 7) is 3.14. The van der Waals surface area contributed by atoms with E-state index in [4.69, 9.17) is 0 Å². The molecule has 1 aromatic carbocycles. The Kier molecular flexibility index (Phi) is 5.30. The summed E-state index contributed by atoms with van der Waals surface area (Å²) in [7, 11) is 0. The third-order valence-corrected chi connectivity index (χ3v) is 2.81. The van der Waals surface area contributed by atoms with Crippen LogP contribution in [0.25, 0.3) is 0 Å². The van der Waals surface area contributed by atoms with E-state index >= 15 is 0 Å². The Bertz CT molecular complexity index is 423. The molecule has 1 fully saturated rings. The fourth-order valence-electron chi connectivity index (χ4n) is 2.00. The van der Waals surface area contributed by atoms with Crippen LogP contribution >= 0.6 is 12.4 Å². The van der Waals surface area contributed by atoms with Gasteiger partial charge in [-0.25, -0.2) is 4.39 Å². The van der Waals surface area contributed by atoms with Crippen LogP contribution in [0.15, 0.2) is 18.2 Å². The molecule has 5 nitrogen and oxygen atoms in total. The number of hydrogen-bond donors (Lipinski definition) is 1. The minimum absolute atomic E-state index is 0. The van der Waals surface area contributed by atoms with Crippen molar-refractivity contribution in [1.82, 2.24) is 5.32 Å². The van der Waals surface area contributed by atoms with Crippen molar-refractivity contribution in [2.24, 2.45) is 0 Å². The quantitative estimate of drug-likeness (QED) is 0.662. The van der Waals surface area contributed by atoms with Gasteiger partial charge in [-0.1, -0.05) is 0 Å². The lowest BCUT2D eigenvalue weighted by atomic mass is 10.2. The normalized spacial score (nSPS) is 15.7. The Hall–Kier alpha value is -1.40. The Balaban J connectivity index is 0.00000162. The maximum Gasteiger partial charge on any atom is 0.295 e. The molecule has 1 aromatic rings. The first-order valence-corrected chi connectivity index (χ1v) is 5.58. The molecule has 1 aliphatic heterocycles. The first kappa shape index (κ1) is 14.7. The first-order valence-electron chi connectivity index (χ1n) is 5.58. The molecule has 0 bridgehead atoms. The van der Waals surface area contributed by atoms with E-state index in [1.54, 1.807) is 0 Å². The van der Waals surface area contributed by atoms with Crippen LogP contribution in [-0.2, 0) is 0 Å². The summed E-state index contributed by atoms with van der Waals surface area (Å²) in [5, 5.41) is 14.1. The SMILES string of the molecule is Cl.O=[N+]([O-])c1cc(F)ccc1N1CCCNCC1. The Morgan fingerprint density at radius 2 is 2.11 bits per heavy atom. The predicted molar refractivity (Wildman–Crippen MR) is 70.0 cm³/mol. The van der Waals surface area contributed by atoms with Gasteiger partial charge in [-0.3, -0.25) is 10.1 Å². The van der Waals surface area contributed by atoms with Gasteiger partial charge in [-0.2, -0.15) is 0 Å². The average molecular weight is 276 g/mol. The molecule has 1 N–H and O–H groups in total. The monoisotopic (exact) mass is 275 g/mol. The Morgan fingerprint density at radius 3 is 2.83 bits per heavy atom. The number of benzene rings is 1. The Labute approximate surface area is 111 Å². The molecule has 7 heteroatoms. The van der Waals surface area contributed by atoms with Gasteiger partial charge in [0.1, 0.15) is 11.5 Å². The standard InChI is InChI=1S/C11H14FN3O2.ClH/c12-9-2-3-10(11(8-9)15(16)17)14-6-1-4-13-5-7-14;/h2-3,8,13H,1,4-7H2;1H. The highest BCUT2D eigenvalue weighted by atomic mass is 35.5. The number of halogens is 2. The molecule has 0 aromatic heterocycles. The van der Waals surface area contributed by atoms with Gasteiger partial charge in [0.2, 0.25) is 0 Å². The molecule has 0 amide bonds. The molecule has 0 spiro atoms. The van der Waals surface area contributed by atoms with E-state index in [9.17, 15) is 14.5 Å². The lowest BCUT2D eigenvalue weighted by Crippen LogP contribution is -2.28. The van der Waals surface area contributed by atoms with Crippen LogP contribution in [0.3, 0.4) is 0 Å². The van der Waals surface area contributed by atoms with Crippen molar-refractivity contribution in [3.63, 3.8) is 0 Å². The van der Waals surface area contributed by atoms with Crippen molar-refractivity contribution in [3.05, 3.63) is 34.1 Å². The molecule has 0 atom stereocenters. The van der Waals surface area contributed by atoms with Crippen molar-refractivity contribution in [2.45, 2.75) is 6.42 Å². The van der Waals surface area contributed by atoms with Crippen molar-refractivity contribution in [2.75, 3.05) is 31.1 Å². The van der Waals surface area contributed by atoms with Crippen LogP contribution in [0.1, 0.15) is 6.42 Å². The second kappa shape index (κ2) is 6.51. The van der Waals surface area contributed by atoms with Crippen LogP contribution in [-0.4, -0.2) is 31.1 Å². The first-order chi connectivity index (χ1) is 8.18. The number of rotatable bonds is 2. The van der Waals surface area contributed by atoms with Crippen LogP contribution in [0, 0.1) is 15.9 Å². The largest absolute Gasteiger partial charge is 0.365 e. The highest BCUT2D eigenvalue weighted by Gasteiger charge is 2.20. The van der Waals surface area contributed by atoms with Gasteiger partial charge in [0.05, 0.1) is 11.0 Å². The van der Waals surface area contributed by atoms with E-state index in [-0.39, 0.29) is 18.1 Å². The number of nitro groups is 1. The maximum atomic E-state index is 13.0. The second-order valence-electron chi connectivity index (χ2n) is 3.98. The number of nitrogens with one attached hydrogen (secondary N) is 1. The van der Waals surface area contributed by atoms with Gasteiger partial charge in [0.25, 0.3) is 5.69 Å². The minimum Gasteiger partial charge on any atom is -0.365 e. The van der Waals surface area contributed by atoms with Crippen LogP contribution in [0.2, 0.25) is 0 Å². The highest BCUT2D eigenvalue weighted by Crippen LogP contribution is 2.29. The fourth-order valence-corrected chi connectivity index (χ4v) is 2.00. The third kappa shape index (κ3) is 3.30. The molecule has 0 aliphatic carbocycles. The number of anilines is 1. The topological polar surface area (TPSA) is 58.4 Å². The summed E-state index contributed by atoms with van der Waals surface area (Å²) in [6, 6.07) is 3.73. The third-order valence-electron chi connectivity index (χ3n) is 2.81. The maximum absolute atomic E-state index is 13.0. The van der Waals surface area contributed by atoms with E-state index in [0.29, 0.717) is 12.2 Å². The molecule has 2 rings (SSSR count). The van der Waals surface area contributed by atoms with Gasteiger partial charge >= 0.3 is 0 Å². The lowest BCUT2D eigenvalue weighted by molar-refractivity contribution is -0.384. The zero-order valence-corrected chi connectivity index (χ0v) is 10.6. The lowest BCUT2D eigenvalue weighted by Gasteiger charge is -2.21. The zero-order valence-electron chi connectivity index (χ0n) is 9.76. The summed E-state index contributed by atoms with van der Waals surface area (Å²) in [4.78, 5) is 12.3. The van der Waals surface area contributed by atoms with Gasteiger partial charge in [-0.05, 0) is 25.1 Å². The van der Waals surface area contributed by atoms with E-state index in [1.165, 1.54) is 12.1 Å². The number of hydrogen-bond acceptors (Lipinski definition) is 4. The molecule has 0 saturated carbocycles. The van der Waals surface area contributed by atoms with Gasteiger partial charge in [-0.15, -0.1) is 12.4 Å².